The SMILES string of the molecule is COC(=O)C(Cl)c1cccc(OC)c1OC. The summed E-state index contributed by atoms with van der Waals surface area (Å²) >= 11 is 5.96. The van der Waals surface area contributed by atoms with Crippen LogP contribution in [-0.2, 0) is 9.53 Å². The number of carbonyl (C=O) groups excluding carboxylic acids is 1. The van der Waals surface area contributed by atoms with Crippen molar-refractivity contribution < 1.29 is 19.0 Å². The highest BCUT2D eigenvalue weighted by atomic mass is 35.5. The van der Waals surface area contributed by atoms with Gasteiger partial charge in [-0.3, -0.25) is 4.79 Å². The van der Waals surface area contributed by atoms with E-state index in [0.717, 1.165) is 0 Å². The first-order chi connectivity index (χ1) is 7.65. The van der Waals surface area contributed by atoms with Crippen molar-refractivity contribution in [2.45, 2.75) is 5.38 Å². The number of methoxy groups -OCH3 is 3. The lowest BCUT2D eigenvalue weighted by Gasteiger charge is -2.14. The molecule has 1 aromatic carbocycles. The predicted octanol–water partition coefficient (Wildman–Crippen LogP) is 2.16. The molecule has 0 saturated carbocycles. The summed E-state index contributed by atoms with van der Waals surface area (Å²) in [6, 6.07) is 5.15. The van der Waals surface area contributed by atoms with Gasteiger partial charge in [0.05, 0.1) is 21.3 Å². The fourth-order valence-electron chi connectivity index (χ4n) is 1.34. The molecule has 0 N–H and O–H groups in total. The molecule has 1 unspecified atom stereocenters. The van der Waals surface area contributed by atoms with Crippen molar-refractivity contribution in [3.8, 4) is 11.5 Å². The Labute approximate surface area is 99.1 Å². The van der Waals surface area contributed by atoms with E-state index >= 15 is 0 Å². The van der Waals surface area contributed by atoms with E-state index in [4.69, 9.17) is 21.1 Å². The van der Waals surface area contributed by atoms with Crippen LogP contribution in [-0.4, -0.2) is 27.3 Å². The number of ether oxygens (including phenoxy) is 3. The first-order valence-corrected chi connectivity index (χ1v) is 5.02. The number of rotatable bonds is 4. The van der Waals surface area contributed by atoms with Crippen LogP contribution in [0, 0.1) is 0 Å². The van der Waals surface area contributed by atoms with E-state index in [1.807, 2.05) is 0 Å². The number of esters is 1. The minimum Gasteiger partial charge on any atom is -0.493 e. The zero-order valence-electron chi connectivity index (χ0n) is 9.32. The minimum atomic E-state index is -0.907. The van der Waals surface area contributed by atoms with Crippen LogP contribution in [0.1, 0.15) is 10.9 Å². The lowest BCUT2D eigenvalue weighted by Crippen LogP contribution is -2.10. The molecule has 1 atom stereocenters. The molecule has 0 heterocycles. The lowest BCUT2D eigenvalue weighted by atomic mass is 10.1. The van der Waals surface area contributed by atoms with E-state index in [9.17, 15) is 4.79 Å². The molecule has 0 aliphatic carbocycles. The third-order valence-electron chi connectivity index (χ3n) is 2.11. The Morgan fingerprint density at radius 2 is 1.94 bits per heavy atom. The third kappa shape index (κ3) is 2.39. The number of halogens is 1. The molecule has 0 amide bonds. The molecule has 0 bridgehead atoms. The molecule has 0 fully saturated rings. The maximum Gasteiger partial charge on any atom is 0.328 e. The van der Waals surface area contributed by atoms with Gasteiger partial charge in [-0.25, -0.2) is 0 Å². The van der Waals surface area contributed by atoms with Crippen LogP contribution in [0.4, 0.5) is 0 Å². The minimum absolute atomic E-state index is 0.440. The zero-order valence-corrected chi connectivity index (χ0v) is 10.1. The van der Waals surface area contributed by atoms with Crippen LogP contribution >= 0.6 is 11.6 Å². The van der Waals surface area contributed by atoms with E-state index in [1.54, 1.807) is 18.2 Å². The number of carbonyl (C=O) groups is 1. The molecular formula is C11H13ClO4. The smallest absolute Gasteiger partial charge is 0.328 e. The number of hydrogen-bond acceptors (Lipinski definition) is 4. The predicted molar refractivity (Wildman–Crippen MR) is 60.2 cm³/mol. The van der Waals surface area contributed by atoms with Gasteiger partial charge in [-0.15, -0.1) is 11.6 Å². The van der Waals surface area contributed by atoms with Gasteiger partial charge in [0.2, 0.25) is 0 Å². The molecule has 16 heavy (non-hydrogen) atoms. The number of alkyl halides is 1. The van der Waals surface area contributed by atoms with E-state index < -0.39 is 11.3 Å². The Morgan fingerprint density at radius 3 is 2.44 bits per heavy atom. The van der Waals surface area contributed by atoms with Gasteiger partial charge in [0.15, 0.2) is 16.9 Å². The van der Waals surface area contributed by atoms with Gasteiger partial charge >= 0.3 is 5.97 Å². The van der Waals surface area contributed by atoms with Crippen molar-refractivity contribution in [1.82, 2.24) is 0 Å². The van der Waals surface area contributed by atoms with Crippen LogP contribution in [0.15, 0.2) is 18.2 Å². The molecule has 5 heteroatoms. The molecule has 0 aliphatic rings. The number of benzene rings is 1. The quantitative estimate of drug-likeness (QED) is 0.601. The number of para-hydroxylation sites is 1. The van der Waals surface area contributed by atoms with Crippen molar-refractivity contribution in [3.63, 3.8) is 0 Å². The summed E-state index contributed by atoms with van der Waals surface area (Å²) in [6.45, 7) is 0. The highest BCUT2D eigenvalue weighted by molar-refractivity contribution is 6.30. The summed E-state index contributed by atoms with van der Waals surface area (Å²) in [4.78, 5) is 11.3. The van der Waals surface area contributed by atoms with Crippen LogP contribution in [0.3, 0.4) is 0 Å². The molecule has 1 rings (SSSR count). The largest absolute Gasteiger partial charge is 0.493 e. The fourth-order valence-corrected chi connectivity index (χ4v) is 1.60. The van der Waals surface area contributed by atoms with E-state index in [2.05, 4.69) is 4.74 Å². The van der Waals surface area contributed by atoms with Crippen LogP contribution < -0.4 is 9.47 Å². The first-order valence-electron chi connectivity index (χ1n) is 4.58. The molecule has 0 saturated heterocycles. The molecule has 0 aliphatic heterocycles. The van der Waals surface area contributed by atoms with Crippen molar-refractivity contribution in [2.24, 2.45) is 0 Å². The highest BCUT2D eigenvalue weighted by Crippen LogP contribution is 2.37. The summed E-state index contributed by atoms with van der Waals surface area (Å²) in [5, 5.41) is -0.907. The van der Waals surface area contributed by atoms with E-state index in [1.165, 1.54) is 21.3 Å². The van der Waals surface area contributed by atoms with Crippen molar-refractivity contribution >= 4 is 17.6 Å². The Hall–Kier alpha value is -1.42. The lowest BCUT2D eigenvalue weighted by molar-refractivity contribution is -0.140. The summed E-state index contributed by atoms with van der Waals surface area (Å²) in [7, 11) is 4.29. The maximum atomic E-state index is 11.3. The average Bonchev–Trinajstić information content (AvgIpc) is 2.35. The molecular weight excluding hydrogens is 232 g/mol. The molecule has 88 valence electrons. The zero-order chi connectivity index (χ0) is 12.1. The van der Waals surface area contributed by atoms with Crippen LogP contribution in [0.25, 0.3) is 0 Å². The van der Waals surface area contributed by atoms with Gasteiger partial charge < -0.3 is 14.2 Å². The van der Waals surface area contributed by atoms with Gasteiger partial charge in [0, 0.05) is 5.56 Å². The second kappa shape index (κ2) is 5.61. The van der Waals surface area contributed by atoms with Crippen LogP contribution in [0.5, 0.6) is 11.5 Å². The second-order valence-corrected chi connectivity index (χ2v) is 3.40. The van der Waals surface area contributed by atoms with E-state index in [0.29, 0.717) is 17.1 Å². The first kappa shape index (κ1) is 12.6. The maximum absolute atomic E-state index is 11.3. The second-order valence-electron chi connectivity index (χ2n) is 2.97. The van der Waals surface area contributed by atoms with Gasteiger partial charge in [-0.05, 0) is 6.07 Å². The van der Waals surface area contributed by atoms with Crippen molar-refractivity contribution in [2.75, 3.05) is 21.3 Å². The summed E-state index contributed by atoms with van der Waals surface area (Å²) in [5.41, 5.74) is 0.523. The van der Waals surface area contributed by atoms with Crippen molar-refractivity contribution in [1.29, 1.82) is 0 Å². The highest BCUT2D eigenvalue weighted by Gasteiger charge is 2.23. The Bertz CT molecular complexity index is 378. The summed E-state index contributed by atoms with van der Waals surface area (Å²) in [5.74, 6) is 0.429. The summed E-state index contributed by atoms with van der Waals surface area (Å²) < 4.78 is 14.8. The van der Waals surface area contributed by atoms with Crippen molar-refractivity contribution in [3.05, 3.63) is 23.8 Å². The standard InChI is InChI=1S/C11H13ClO4/c1-14-8-6-4-5-7(10(8)15-2)9(12)11(13)16-3/h4-6,9H,1-3H3. The van der Waals surface area contributed by atoms with Gasteiger partial charge in [-0.2, -0.15) is 0 Å². The third-order valence-corrected chi connectivity index (χ3v) is 2.53. The summed E-state index contributed by atoms with van der Waals surface area (Å²) in [6.07, 6.45) is 0. The number of hydrogen-bond donors (Lipinski definition) is 0. The normalized spacial score (nSPS) is 11.8. The van der Waals surface area contributed by atoms with Gasteiger partial charge in [-0.1, -0.05) is 12.1 Å². The van der Waals surface area contributed by atoms with Gasteiger partial charge in [0.25, 0.3) is 0 Å². The Kier molecular flexibility index (Phi) is 4.43. The Balaban J connectivity index is 3.17. The van der Waals surface area contributed by atoms with Crippen LogP contribution in [0.2, 0.25) is 0 Å². The monoisotopic (exact) mass is 244 g/mol. The molecule has 0 spiro atoms. The Morgan fingerprint density at radius 1 is 1.25 bits per heavy atom. The molecule has 0 aromatic heterocycles. The molecule has 4 nitrogen and oxygen atoms in total. The van der Waals surface area contributed by atoms with E-state index in [-0.39, 0.29) is 0 Å². The fraction of sp³-hybridized carbons (Fsp3) is 0.364. The average molecular weight is 245 g/mol. The molecule has 0 radical (unpaired) electrons. The van der Waals surface area contributed by atoms with Gasteiger partial charge in [0.1, 0.15) is 0 Å². The molecule has 1 aromatic rings. The topological polar surface area (TPSA) is 44.8 Å².